The van der Waals surface area contributed by atoms with Gasteiger partial charge in [-0.2, -0.15) is 0 Å². The number of rotatable bonds is 6. The number of aryl methyl sites for hydroxylation is 1. The molecule has 3 aromatic carbocycles. The van der Waals surface area contributed by atoms with Gasteiger partial charge in [0.15, 0.2) is 0 Å². The summed E-state index contributed by atoms with van der Waals surface area (Å²) in [4.78, 5) is 11.6. The number of aliphatic carboxylic acids is 1. The average molecular weight is 344 g/mol. The molecule has 3 aromatic rings. The van der Waals surface area contributed by atoms with E-state index in [0.717, 1.165) is 11.1 Å². The molecule has 0 aliphatic rings. The maximum Gasteiger partial charge on any atom is 0.336 e. The van der Waals surface area contributed by atoms with Crippen LogP contribution in [-0.2, 0) is 11.4 Å². The number of carboxylic acid groups (broad SMARTS) is 1. The van der Waals surface area contributed by atoms with Crippen molar-refractivity contribution >= 4 is 17.6 Å². The van der Waals surface area contributed by atoms with Crippen LogP contribution in [0.5, 0.6) is 5.75 Å². The van der Waals surface area contributed by atoms with Crippen molar-refractivity contribution in [3.63, 3.8) is 0 Å². The van der Waals surface area contributed by atoms with Crippen LogP contribution in [0.25, 0.3) is 11.6 Å². The quantitative estimate of drug-likeness (QED) is 0.494. The van der Waals surface area contributed by atoms with E-state index in [1.54, 1.807) is 18.2 Å². The maximum absolute atomic E-state index is 11.6. The summed E-state index contributed by atoms with van der Waals surface area (Å²) >= 11 is 0. The molecular weight excluding hydrogens is 324 g/mol. The lowest BCUT2D eigenvalue weighted by atomic mass is 10.0. The van der Waals surface area contributed by atoms with Crippen molar-refractivity contribution in [1.29, 1.82) is 0 Å². The van der Waals surface area contributed by atoms with E-state index in [9.17, 15) is 9.90 Å². The maximum atomic E-state index is 11.6. The van der Waals surface area contributed by atoms with Gasteiger partial charge >= 0.3 is 5.97 Å². The zero-order valence-electron chi connectivity index (χ0n) is 14.6. The van der Waals surface area contributed by atoms with Crippen molar-refractivity contribution in [3.05, 3.63) is 101 Å². The van der Waals surface area contributed by atoms with Crippen LogP contribution >= 0.6 is 0 Å². The van der Waals surface area contributed by atoms with Gasteiger partial charge in [-0.1, -0.05) is 66.7 Å². The monoisotopic (exact) mass is 344 g/mol. The first-order valence-corrected chi connectivity index (χ1v) is 8.41. The average Bonchev–Trinajstić information content (AvgIpc) is 2.66. The minimum atomic E-state index is -0.956. The first-order chi connectivity index (χ1) is 12.6. The predicted octanol–water partition coefficient (Wildman–Crippen LogP) is 5.20. The fourth-order valence-corrected chi connectivity index (χ4v) is 2.68. The van der Waals surface area contributed by atoms with Crippen LogP contribution < -0.4 is 4.74 Å². The Hall–Kier alpha value is -3.33. The summed E-state index contributed by atoms with van der Waals surface area (Å²) < 4.78 is 5.88. The number of benzene rings is 3. The molecule has 0 bridgehead atoms. The van der Waals surface area contributed by atoms with E-state index in [1.165, 1.54) is 5.56 Å². The van der Waals surface area contributed by atoms with Gasteiger partial charge in [-0.15, -0.1) is 0 Å². The van der Waals surface area contributed by atoms with Crippen molar-refractivity contribution in [2.24, 2.45) is 0 Å². The Bertz CT molecular complexity index is 927. The van der Waals surface area contributed by atoms with Gasteiger partial charge in [-0.25, -0.2) is 4.79 Å². The van der Waals surface area contributed by atoms with Gasteiger partial charge in [-0.05, 0) is 47.4 Å². The van der Waals surface area contributed by atoms with Crippen molar-refractivity contribution in [3.8, 4) is 5.75 Å². The highest BCUT2D eigenvalue weighted by atomic mass is 16.5. The van der Waals surface area contributed by atoms with E-state index in [2.05, 4.69) is 13.0 Å². The van der Waals surface area contributed by atoms with Gasteiger partial charge in [0.05, 0.1) is 5.57 Å². The molecule has 0 aliphatic carbocycles. The van der Waals surface area contributed by atoms with Crippen LogP contribution in [0.3, 0.4) is 0 Å². The standard InChI is InChI=1S/C23H20O3/c1-17-8-5-6-12-20(17)16-26-21-13-7-9-18(14-21)15-22(23(24)25)19-10-3-2-4-11-19/h2-15H,16H2,1H3,(H,24,25). The minimum Gasteiger partial charge on any atom is -0.489 e. The molecule has 3 heteroatoms. The van der Waals surface area contributed by atoms with Crippen molar-refractivity contribution in [2.45, 2.75) is 13.5 Å². The lowest BCUT2D eigenvalue weighted by molar-refractivity contribution is -0.130. The molecule has 3 nitrogen and oxygen atoms in total. The summed E-state index contributed by atoms with van der Waals surface area (Å²) in [5.41, 5.74) is 4.02. The third kappa shape index (κ3) is 4.39. The minimum absolute atomic E-state index is 0.252. The third-order valence-electron chi connectivity index (χ3n) is 4.14. The molecule has 0 heterocycles. The third-order valence-corrected chi connectivity index (χ3v) is 4.14. The summed E-state index contributed by atoms with van der Waals surface area (Å²) in [6, 6.07) is 24.6. The van der Waals surface area contributed by atoms with Crippen molar-refractivity contribution in [2.75, 3.05) is 0 Å². The Balaban J connectivity index is 1.82. The molecule has 1 N–H and O–H groups in total. The summed E-state index contributed by atoms with van der Waals surface area (Å²) in [7, 11) is 0. The van der Waals surface area contributed by atoms with Crippen molar-refractivity contribution < 1.29 is 14.6 Å². The number of ether oxygens (including phenoxy) is 1. The van der Waals surface area contributed by atoms with Crippen LogP contribution in [0.2, 0.25) is 0 Å². The second kappa shape index (κ2) is 8.17. The highest BCUT2D eigenvalue weighted by Crippen LogP contribution is 2.22. The molecule has 0 amide bonds. The summed E-state index contributed by atoms with van der Waals surface area (Å²) in [5.74, 6) is -0.248. The number of carboxylic acids is 1. The molecule has 0 aliphatic heterocycles. The molecule has 0 atom stereocenters. The lowest BCUT2D eigenvalue weighted by Gasteiger charge is -2.09. The topological polar surface area (TPSA) is 46.5 Å². The molecular formula is C23H20O3. The summed E-state index contributed by atoms with van der Waals surface area (Å²) in [5, 5.41) is 9.54. The highest BCUT2D eigenvalue weighted by molar-refractivity contribution is 6.20. The van der Waals surface area contributed by atoms with Gasteiger partial charge in [0, 0.05) is 0 Å². The van der Waals surface area contributed by atoms with E-state index in [4.69, 9.17) is 4.74 Å². The second-order valence-corrected chi connectivity index (χ2v) is 6.02. The largest absolute Gasteiger partial charge is 0.489 e. The molecule has 0 spiro atoms. The van der Waals surface area contributed by atoms with Crippen LogP contribution in [-0.4, -0.2) is 11.1 Å². The SMILES string of the molecule is Cc1ccccc1COc1cccc(C=C(C(=O)O)c2ccccc2)c1. The van der Waals surface area contributed by atoms with Crippen LogP contribution in [0.4, 0.5) is 0 Å². The first kappa shape index (κ1) is 17.5. The molecule has 0 saturated heterocycles. The molecule has 3 rings (SSSR count). The molecule has 26 heavy (non-hydrogen) atoms. The zero-order chi connectivity index (χ0) is 18.4. The fourth-order valence-electron chi connectivity index (χ4n) is 2.68. The number of hydrogen-bond donors (Lipinski definition) is 1. The van der Waals surface area contributed by atoms with Crippen LogP contribution in [0.1, 0.15) is 22.3 Å². The molecule has 0 saturated carbocycles. The lowest BCUT2D eigenvalue weighted by Crippen LogP contribution is -2.00. The van der Waals surface area contributed by atoms with Crippen molar-refractivity contribution in [1.82, 2.24) is 0 Å². The van der Waals surface area contributed by atoms with E-state index >= 15 is 0 Å². The predicted molar refractivity (Wildman–Crippen MR) is 104 cm³/mol. The number of hydrogen-bond acceptors (Lipinski definition) is 2. The van der Waals surface area contributed by atoms with E-state index in [-0.39, 0.29) is 5.57 Å². The second-order valence-electron chi connectivity index (χ2n) is 6.02. The molecule has 130 valence electrons. The zero-order valence-corrected chi connectivity index (χ0v) is 14.6. The summed E-state index contributed by atoms with van der Waals surface area (Å²) in [6.07, 6.45) is 1.66. The van der Waals surface area contributed by atoms with Gasteiger partial charge in [0.2, 0.25) is 0 Å². The Morgan fingerprint density at radius 1 is 0.962 bits per heavy atom. The molecule has 0 unspecified atom stereocenters. The smallest absolute Gasteiger partial charge is 0.336 e. The molecule has 0 fully saturated rings. The number of carbonyl (C=O) groups is 1. The van der Waals surface area contributed by atoms with Gasteiger partial charge in [0.1, 0.15) is 12.4 Å². The normalized spacial score (nSPS) is 11.2. The highest BCUT2D eigenvalue weighted by Gasteiger charge is 2.10. The summed E-state index contributed by atoms with van der Waals surface area (Å²) in [6.45, 7) is 2.53. The fraction of sp³-hybridized carbons (Fsp3) is 0.0870. The Kier molecular flexibility index (Phi) is 5.49. The van der Waals surface area contributed by atoms with E-state index in [1.807, 2.05) is 60.7 Å². The first-order valence-electron chi connectivity index (χ1n) is 8.41. The van der Waals surface area contributed by atoms with E-state index < -0.39 is 5.97 Å². The van der Waals surface area contributed by atoms with Gasteiger partial charge < -0.3 is 9.84 Å². The van der Waals surface area contributed by atoms with Gasteiger partial charge in [0.25, 0.3) is 0 Å². The van der Waals surface area contributed by atoms with Gasteiger partial charge in [-0.3, -0.25) is 0 Å². The van der Waals surface area contributed by atoms with E-state index in [0.29, 0.717) is 17.9 Å². The Labute approximate surface area is 153 Å². The Morgan fingerprint density at radius 3 is 2.42 bits per heavy atom. The van der Waals surface area contributed by atoms with Crippen LogP contribution in [0.15, 0.2) is 78.9 Å². The van der Waals surface area contributed by atoms with Crippen LogP contribution in [0, 0.1) is 6.92 Å². The molecule has 0 aromatic heterocycles. The Morgan fingerprint density at radius 2 is 1.69 bits per heavy atom. The molecule has 0 radical (unpaired) electrons.